The Morgan fingerprint density at radius 1 is 1.17 bits per heavy atom. The Kier molecular flexibility index (Phi) is 5.50. The molecule has 0 bridgehead atoms. The molecule has 1 unspecified atom stereocenters. The Hall–Kier alpha value is -3.29. The van der Waals surface area contributed by atoms with Crippen LogP contribution in [0.3, 0.4) is 0 Å². The number of fused-ring (bicyclic) bond motifs is 1. The van der Waals surface area contributed by atoms with Gasteiger partial charge in [-0.1, -0.05) is 24.3 Å². The average Bonchev–Trinajstić information content (AvgIpc) is 3.13. The van der Waals surface area contributed by atoms with Gasteiger partial charge in [0, 0.05) is 37.8 Å². The van der Waals surface area contributed by atoms with Gasteiger partial charge in [0.15, 0.2) is 0 Å². The first kappa shape index (κ1) is 19.0. The van der Waals surface area contributed by atoms with E-state index in [2.05, 4.69) is 15.1 Å². The van der Waals surface area contributed by atoms with E-state index in [1.807, 2.05) is 42.3 Å². The number of likely N-dealkylation sites (tertiary alicyclic amines) is 1. The molecule has 0 saturated carbocycles. The van der Waals surface area contributed by atoms with Crippen molar-refractivity contribution >= 4 is 22.6 Å². The Morgan fingerprint density at radius 2 is 2.03 bits per heavy atom. The number of hydrogen-bond acceptors (Lipinski definition) is 5. The number of carbonyl (C=O) groups is 2. The van der Waals surface area contributed by atoms with E-state index in [9.17, 15) is 9.59 Å². The molecule has 1 fully saturated rings. The third-order valence-corrected chi connectivity index (χ3v) is 5.56. The lowest BCUT2D eigenvalue weighted by Gasteiger charge is -2.27. The summed E-state index contributed by atoms with van der Waals surface area (Å²) in [6.45, 7) is 1.51. The molecule has 4 rings (SSSR count). The first-order valence-corrected chi connectivity index (χ1v) is 9.84. The molecule has 1 aliphatic heterocycles. The van der Waals surface area contributed by atoms with Gasteiger partial charge in [-0.05, 0) is 30.7 Å². The van der Waals surface area contributed by atoms with Crippen molar-refractivity contribution in [2.45, 2.75) is 31.8 Å². The summed E-state index contributed by atoms with van der Waals surface area (Å²) in [4.78, 5) is 37.6. The fourth-order valence-corrected chi connectivity index (χ4v) is 3.89. The lowest BCUT2D eigenvalue weighted by molar-refractivity contribution is -0.132. The van der Waals surface area contributed by atoms with Crippen molar-refractivity contribution in [2.75, 3.05) is 20.1 Å². The molecule has 1 atom stereocenters. The van der Waals surface area contributed by atoms with Gasteiger partial charge in [0.05, 0.1) is 0 Å². The third kappa shape index (κ3) is 4.11. The number of amides is 2. The highest BCUT2D eigenvalue weighted by atomic mass is 16.2. The monoisotopic (exact) mass is 392 g/mol. The van der Waals surface area contributed by atoms with Crippen LogP contribution in [0.2, 0.25) is 0 Å². The topological polar surface area (TPSA) is 84.2 Å². The Bertz CT molecular complexity index is 998. The fourth-order valence-electron chi connectivity index (χ4n) is 3.89. The fraction of sp³-hybridized carbons (Fsp3) is 0.381. The lowest BCUT2D eigenvalue weighted by Crippen LogP contribution is -2.39. The number of nitrogens with zero attached hydrogens (tertiary/aromatic N) is 6. The van der Waals surface area contributed by atoms with Gasteiger partial charge in [0.2, 0.25) is 5.91 Å². The molecule has 2 amide bonds. The van der Waals surface area contributed by atoms with E-state index < -0.39 is 0 Å². The quantitative estimate of drug-likeness (QED) is 0.678. The third-order valence-electron chi connectivity index (χ3n) is 5.56. The maximum absolute atomic E-state index is 13.2. The van der Waals surface area contributed by atoms with Crippen LogP contribution in [0.15, 0.2) is 49.2 Å². The summed E-state index contributed by atoms with van der Waals surface area (Å²) < 4.78 is 1.53. The van der Waals surface area contributed by atoms with Crippen molar-refractivity contribution in [3.05, 3.63) is 54.9 Å². The summed E-state index contributed by atoms with van der Waals surface area (Å²) in [5.74, 6) is -0.0463. The number of aromatic nitrogens is 4. The second kappa shape index (κ2) is 8.38. The molecule has 0 radical (unpaired) electrons. The zero-order valence-electron chi connectivity index (χ0n) is 16.4. The van der Waals surface area contributed by atoms with E-state index in [1.54, 1.807) is 17.4 Å². The van der Waals surface area contributed by atoms with Crippen molar-refractivity contribution < 1.29 is 9.59 Å². The normalized spacial score (nSPS) is 17.1. The summed E-state index contributed by atoms with van der Waals surface area (Å²) in [6.07, 6.45) is 7.11. The number of carbonyl (C=O) groups excluding carboxylic acids is 2. The van der Waals surface area contributed by atoms with E-state index in [4.69, 9.17) is 0 Å². The van der Waals surface area contributed by atoms with Crippen LogP contribution < -0.4 is 0 Å². The molecule has 8 nitrogen and oxygen atoms in total. The molecule has 0 spiro atoms. The molecule has 0 N–H and O–H groups in total. The van der Waals surface area contributed by atoms with Crippen LogP contribution in [0.1, 0.15) is 29.8 Å². The second-order valence-electron chi connectivity index (χ2n) is 7.36. The predicted octanol–water partition coefficient (Wildman–Crippen LogP) is 1.98. The maximum atomic E-state index is 13.2. The van der Waals surface area contributed by atoms with Gasteiger partial charge < -0.3 is 9.80 Å². The number of benzene rings is 1. The highest BCUT2D eigenvalue weighted by Crippen LogP contribution is 2.21. The average molecular weight is 392 g/mol. The van der Waals surface area contributed by atoms with Crippen LogP contribution in [0, 0.1) is 0 Å². The summed E-state index contributed by atoms with van der Waals surface area (Å²) in [5, 5.41) is 5.87. The minimum absolute atomic E-state index is 0.0286. The first-order valence-electron chi connectivity index (χ1n) is 9.84. The molecule has 1 aromatic carbocycles. The standard InChI is InChI=1S/C21H24N6O2/c1-25(21(29)20-18-7-3-2-5-16(18)8-10-23-20)17-6-4-11-26(12-9-17)19(28)13-27-15-22-14-24-27/h2-3,5,7-8,10,14-15,17H,4,6,9,11-13H2,1H3. The Labute approximate surface area is 169 Å². The van der Waals surface area contributed by atoms with Gasteiger partial charge in [0.1, 0.15) is 24.9 Å². The summed E-state index contributed by atoms with van der Waals surface area (Å²) in [6, 6.07) is 9.78. The first-order chi connectivity index (χ1) is 14.1. The minimum Gasteiger partial charge on any atom is -0.341 e. The summed E-state index contributed by atoms with van der Waals surface area (Å²) >= 11 is 0. The van der Waals surface area contributed by atoms with Crippen LogP contribution in [0.25, 0.3) is 10.8 Å². The van der Waals surface area contributed by atoms with Gasteiger partial charge in [-0.15, -0.1) is 0 Å². The van der Waals surface area contributed by atoms with Crippen LogP contribution in [0.5, 0.6) is 0 Å². The Morgan fingerprint density at radius 3 is 2.86 bits per heavy atom. The highest BCUT2D eigenvalue weighted by molar-refractivity contribution is 6.05. The molecule has 29 heavy (non-hydrogen) atoms. The molecular formula is C21H24N6O2. The van der Waals surface area contributed by atoms with Gasteiger partial charge in [-0.3, -0.25) is 14.6 Å². The molecule has 3 aromatic rings. The van der Waals surface area contributed by atoms with E-state index in [0.717, 1.165) is 30.0 Å². The van der Waals surface area contributed by atoms with Crippen LogP contribution in [-0.4, -0.2) is 67.5 Å². The number of hydrogen-bond donors (Lipinski definition) is 0. The molecule has 0 aliphatic carbocycles. The molecule has 8 heteroatoms. The van der Waals surface area contributed by atoms with Crippen molar-refractivity contribution in [3.63, 3.8) is 0 Å². The number of pyridine rings is 1. The van der Waals surface area contributed by atoms with E-state index >= 15 is 0 Å². The molecule has 1 aliphatic rings. The lowest BCUT2D eigenvalue weighted by atomic mass is 10.1. The highest BCUT2D eigenvalue weighted by Gasteiger charge is 2.27. The van der Waals surface area contributed by atoms with Crippen molar-refractivity contribution in [1.29, 1.82) is 0 Å². The molecular weight excluding hydrogens is 368 g/mol. The molecule has 1 saturated heterocycles. The van der Waals surface area contributed by atoms with Crippen LogP contribution in [0.4, 0.5) is 0 Å². The van der Waals surface area contributed by atoms with Crippen molar-refractivity contribution in [1.82, 2.24) is 29.5 Å². The largest absolute Gasteiger partial charge is 0.341 e. The van der Waals surface area contributed by atoms with Crippen molar-refractivity contribution in [2.24, 2.45) is 0 Å². The SMILES string of the molecule is CN(C(=O)c1nccc2ccccc12)C1CCCN(C(=O)Cn2cncn2)CC1. The molecule has 150 valence electrons. The molecule has 3 heterocycles. The maximum Gasteiger partial charge on any atom is 0.273 e. The van der Waals surface area contributed by atoms with Gasteiger partial charge in [-0.2, -0.15) is 5.10 Å². The van der Waals surface area contributed by atoms with Crippen molar-refractivity contribution in [3.8, 4) is 0 Å². The zero-order chi connectivity index (χ0) is 20.2. The van der Waals surface area contributed by atoms with Gasteiger partial charge in [-0.25, -0.2) is 9.67 Å². The predicted molar refractivity (Wildman–Crippen MR) is 108 cm³/mol. The zero-order valence-corrected chi connectivity index (χ0v) is 16.4. The minimum atomic E-state index is -0.0748. The van der Waals surface area contributed by atoms with E-state index in [0.29, 0.717) is 18.8 Å². The van der Waals surface area contributed by atoms with Crippen LogP contribution >= 0.6 is 0 Å². The summed E-state index contributed by atoms with van der Waals surface area (Å²) in [7, 11) is 1.84. The second-order valence-corrected chi connectivity index (χ2v) is 7.36. The smallest absolute Gasteiger partial charge is 0.273 e. The van der Waals surface area contributed by atoms with Gasteiger partial charge >= 0.3 is 0 Å². The summed E-state index contributed by atoms with van der Waals surface area (Å²) in [5.41, 5.74) is 0.481. The van der Waals surface area contributed by atoms with E-state index in [1.165, 1.54) is 11.0 Å². The van der Waals surface area contributed by atoms with Gasteiger partial charge in [0.25, 0.3) is 5.91 Å². The molecule has 2 aromatic heterocycles. The van der Waals surface area contributed by atoms with Crippen LogP contribution in [-0.2, 0) is 11.3 Å². The number of rotatable bonds is 4. The van der Waals surface area contributed by atoms with E-state index in [-0.39, 0.29) is 24.4 Å². The Balaban J connectivity index is 1.43.